The molecule has 0 saturated heterocycles. The zero-order valence-corrected chi connectivity index (χ0v) is 13.1. The molecule has 1 atom stereocenters. The maximum atomic E-state index is 8.53. The fourth-order valence-corrected chi connectivity index (χ4v) is 1.79. The summed E-state index contributed by atoms with van der Waals surface area (Å²) in [7, 11) is 0. The molecule has 6 heteroatoms. The van der Waals surface area contributed by atoms with Gasteiger partial charge >= 0.3 is 0 Å². The van der Waals surface area contributed by atoms with Gasteiger partial charge < -0.3 is 14.2 Å². The number of nitriles is 3. The molecule has 0 amide bonds. The summed E-state index contributed by atoms with van der Waals surface area (Å²) in [5, 5.41) is 25.4. The highest BCUT2D eigenvalue weighted by Crippen LogP contribution is 2.09. The van der Waals surface area contributed by atoms with Gasteiger partial charge in [-0.25, -0.2) is 0 Å². The van der Waals surface area contributed by atoms with Crippen molar-refractivity contribution in [2.24, 2.45) is 0 Å². The van der Waals surface area contributed by atoms with Crippen molar-refractivity contribution < 1.29 is 14.2 Å². The summed E-state index contributed by atoms with van der Waals surface area (Å²) in [6.07, 6.45) is 5.04. The van der Waals surface area contributed by atoms with Crippen molar-refractivity contribution in [3.63, 3.8) is 0 Å². The molecule has 0 aliphatic heterocycles. The fraction of sp³-hybridized carbons (Fsp3) is 0.812. The molecule has 0 spiro atoms. The van der Waals surface area contributed by atoms with Crippen LogP contribution in [0.25, 0.3) is 0 Å². The van der Waals surface area contributed by atoms with E-state index in [1.165, 1.54) is 0 Å². The Morgan fingerprint density at radius 3 is 2.00 bits per heavy atom. The van der Waals surface area contributed by atoms with Gasteiger partial charge in [0, 0.05) is 6.61 Å². The predicted molar refractivity (Wildman–Crippen MR) is 80.5 cm³/mol. The van der Waals surface area contributed by atoms with Crippen LogP contribution in [0.15, 0.2) is 0 Å². The lowest BCUT2D eigenvalue weighted by Crippen LogP contribution is -2.21. The van der Waals surface area contributed by atoms with E-state index in [4.69, 9.17) is 30.0 Å². The van der Waals surface area contributed by atoms with E-state index < -0.39 is 0 Å². The molecular weight excluding hydrogens is 282 g/mol. The van der Waals surface area contributed by atoms with Crippen LogP contribution in [-0.4, -0.2) is 39.1 Å². The summed E-state index contributed by atoms with van der Waals surface area (Å²) >= 11 is 0. The second-order valence-corrected chi connectivity index (χ2v) is 4.75. The van der Waals surface area contributed by atoms with E-state index in [2.05, 4.69) is 6.07 Å². The first-order valence-electron chi connectivity index (χ1n) is 7.73. The molecule has 0 heterocycles. The molecule has 0 aromatic heterocycles. The molecule has 22 heavy (non-hydrogen) atoms. The smallest absolute Gasteiger partial charge is 0.0809 e. The minimum atomic E-state index is -0.0217. The maximum absolute atomic E-state index is 8.53. The predicted octanol–water partition coefficient (Wildman–Crippen LogP) is 2.71. The molecule has 0 aromatic rings. The van der Waals surface area contributed by atoms with Gasteiger partial charge in [0.05, 0.1) is 70.0 Å². The Balaban J connectivity index is 3.66. The molecule has 0 radical (unpaired) electrons. The van der Waals surface area contributed by atoms with E-state index in [9.17, 15) is 0 Å². The van der Waals surface area contributed by atoms with Crippen LogP contribution in [0.4, 0.5) is 0 Å². The zero-order valence-electron chi connectivity index (χ0n) is 13.1. The van der Waals surface area contributed by atoms with Crippen LogP contribution >= 0.6 is 0 Å². The third kappa shape index (κ3) is 14.8. The first-order chi connectivity index (χ1) is 10.8. The molecule has 0 N–H and O–H groups in total. The number of hydrogen-bond acceptors (Lipinski definition) is 6. The first-order valence-corrected chi connectivity index (χ1v) is 7.73. The molecule has 0 fully saturated rings. The largest absolute Gasteiger partial charge is 0.380 e. The highest BCUT2D eigenvalue weighted by atomic mass is 16.5. The van der Waals surface area contributed by atoms with Crippen molar-refractivity contribution in [3.8, 4) is 18.2 Å². The van der Waals surface area contributed by atoms with E-state index in [1.807, 2.05) is 12.1 Å². The van der Waals surface area contributed by atoms with Gasteiger partial charge in [0.15, 0.2) is 0 Å². The van der Waals surface area contributed by atoms with Crippen molar-refractivity contribution in [3.05, 3.63) is 0 Å². The average Bonchev–Trinajstić information content (AvgIpc) is 2.53. The van der Waals surface area contributed by atoms with Gasteiger partial charge in [0.1, 0.15) is 0 Å². The van der Waals surface area contributed by atoms with Gasteiger partial charge in [-0.05, 0) is 12.8 Å². The van der Waals surface area contributed by atoms with Gasteiger partial charge in [-0.15, -0.1) is 0 Å². The third-order valence-electron chi connectivity index (χ3n) is 2.90. The van der Waals surface area contributed by atoms with E-state index >= 15 is 0 Å². The lowest BCUT2D eigenvalue weighted by atomic mass is 10.1. The number of ether oxygens (including phenoxy) is 3. The second kappa shape index (κ2) is 17.4. The standard InChI is InChI=1S/C16H25N3O3/c17-8-4-12-20-11-3-1-2-7-16(22-14-6-10-19)15-21-13-5-9-18/h16H,1-7,11-15H2. The van der Waals surface area contributed by atoms with Gasteiger partial charge in [-0.2, -0.15) is 15.8 Å². The van der Waals surface area contributed by atoms with Crippen LogP contribution in [0, 0.1) is 34.0 Å². The molecule has 122 valence electrons. The van der Waals surface area contributed by atoms with Crippen LogP contribution in [-0.2, 0) is 14.2 Å². The Morgan fingerprint density at radius 1 is 0.682 bits per heavy atom. The molecule has 0 rings (SSSR count). The summed E-state index contributed by atoms with van der Waals surface area (Å²) < 4.78 is 16.3. The van der Waals surface area contributed by atoms with E-state index in [1.54, 1.807) is 0 Å². The molecular formula is C16H25N3O3. The molecule has 6 nitrogen and oxygen atoms in total. The highest BCUT2D eigenvalue weighted by molar-refractivity contribution is 4.70. The van der Waals surface area contributed by atoms with Gasteiger partial charge in [-0.1, -0.05) is 12.8 Å². The summed E-state index contributed by atoms with van der Waals surface area (Å²) in [5.41, 5.74) is 0. The van der Waals surface area contributed by atoms with Crippen molar-refractivity contribution >= 4 is 0 Å². The maximum Gasteiger partial charge on any atom is 0.0809 e. The minimum Gasteiger partial charge on any atom is -0.380 e. The Morgan fingerprint density at radius 2 is 1.32 bits per heavy atom. The fourth-order valence-electron chi connectivity index (χ4n) is 1.79. The topological polar surface area (TPSA) is 99.1 Å². The van der Waals surface area contributed by atoms with Crippen LogP contribution < -0.4 is 0 Å². The minimum absolute atomic E-state index is 0.0217. The zero-order chi connectivity index (χ0) is 16.3. The van der Waals surface area contributed by atoms with Crippen molar-refractivity contribution in [2.45, 2.75) is 51.0 Å². The SMILES string of the molecule is N#CCCOCCCCCC(COCCC#N)OCCC#N. The Labute approximate surface area is 133 Å². The Hall–Kier alpha value is -1.65. The lowest BCUT2D eigenvalue weighted by molar-refractivity contribution is -0.0185. The van der Waals surface area contributed by atoms with Crippen LogP contribution in [0.2, 0.25) is 0 Å². The van der Waals surface area contributed by atoms with E-state index in [-0.39, 0.29) is 6.10 Å². The molecule has 0 aliphatic carbocycles. The van der Waals surface area contributed by atoms with E-state index in [0.717, 1.165) is 25.7 Å². The Bertz CT molecular complexity index is 368. The monoisotopic (exact) mass is 307 g/mol. The van der Waals surface area contributed by atoms with Crippen molar-refractivity contribution in [2.75, 3.05) is 33.0 Å². The van der Waals surface area contributed by atoms with Gasteiger partial charge in [0.25, 0.3) is 0 Å². The lowest BCUT2D eigenvalue weighted by Gasteiger charge is -2.17. The summed E-state index contributed by atoms with van der Waals surface area (Å²) in [5.74, 6) is 0. The van der Waals surface area contributed by atoms with Crippen LogP contribution in [0.3, 0.4) is 0 Å². The number of hydrogen-bond donors (Lipinski definition) is 0. The number of rotatable bonds is 15. The third-order valence-corrected chi connectivity index (χ3v) is 2.90. The first kappa shape index (κ1) is 20.3. The van der Waals surface area contributed by atoms with Crippen LogP contribution in [0.1, 0.15) is 44.9 Å². The molecule has 0 saturated carbocycles. The van der Waals surface area contributed by atoms with Crippen LogP contribution in [0.5, 0.6) is 0 Å². The summed E-state index contributed by atoms with van der Waals surface area (Å²) in [6.45, 7) is 2.48. The van der Waals surface area contributed by atoms with Gasteiger partial charge in [0.2, 0.25) is 0 Å². The highest BCUT2D eigenvalue weighted by Gasteiger charge is 2.09. The van der Waals surface area contributed by atoms with E-state index in [0.29, 0.717) is 52.3 Å². The van der Waals surface area contributed by atoms with Crippen molar-refractivity contribution in [1.29, 1.82) is 15.8 Å². The molecule has 0 aliphatic rings. The van der Waals surface area contributed by atoms with Gasteiger partial charge in [-0.3, -0.25) is 0 Å². The second-order valence-electron chi connectivity index (χ2n) is 4.75. The normalized spacial score (nSPS) is 11.3. The number of nitrogens with zero attached hydrogens (tertiary/aromatic N) is 3. The average molecular weight is 307 g/mol. The molecule has 0 bridgehead atoms. The summed E-state index contributed by atoms with van der Waals surface area (Å²) in [4.78, 5) is 0. The number of unbranched alkanes of at least 4 members (excludes halogenated alkanes) is 2. The van der Waals surface area contributed by atoms with Crippen molar-refractivity contribution in [1.82, 2.24) is 0 Å². The summed E-state index contributed by atoms with van der Waals surface area (Å²) in [6, 6.07) is 6.12. The Kier molecular flexibility index (Phi) is 16.1. The quantitative estimate of drug-likeness (QED) is 0.431. The molecule has 0 aromatic carbocycles. The molecule has 1 unspecified atom stereocenters.